The highest BCUT2D eigenvalue weighted by Crippen LogP contribution is 2.46. The smallest absolute Gasteiger partial charge is 0.0545 e. The summed E-state index contributed by atoms with van der Waals surface area (Å²) in [5.41, 5.74) is 16.3. The lowest BCUT2D eigenvalue weighted by Gasteiger charge is -2.17. The van der Waals surface area contributed by atoms with Crippen LogP contribution in [-0.2, 0) is 0 Å². The van der Waals surface area contributed by atoms with E-state index >= 15 is 0 Å². The van der Waals surface area contributed by atoms with Gasteiger partial charge in [-0.3, -0.25) is 0 Å². The molecule has 4 aromatic carbocycles. The van der Waals surface area contributed by atoms with Crippen molar-refractivity contribution in [3.63, 3.8) is 0 Å². The lowest BCUT2D eigenvalue weighted by atomic mass is 9.91. The van der Waals surface area contributed by atoms with Crippen LogP contribution >= 0.6 is 31.9 Å². The topological polar surface area (TPSA) is 52.0 Å². The van der Waals surface area contributed by atoms with E-state index in [1.165, 1.54) is 0 Å². The van der Waals surface area contributed by atoms with Gasteiger partial charge in [0.1, 0.15) is 0 Å². The minimum Gasteiger partial charge on any atom is -0.397 e. The Balaban J connectivity index is 2.26. The second-order valence-corrected chi connectivity index (χ2v) is 7.45. The molecule has 0 amide bonds. The Morgan fingerprint density at radius 2 is 0.958 bits per heavy atom. The summed E-state index contributed by atoms with van der Waals surface area (Å²) in [5.74, 6) is 0. The van der Waals surface area contributed by atoms with E-state index in [0.717, 1.165) is 41.6 Å². The summed E-state index contributed by atoms with van der Waals surface area (Å²) in [6, 6.07) is 20.5. The Hall–Kier alpha value is -2.04. The Morgan fingerprint density at radius 3 is 1.38 bits per heavy atom. The van der Waals surface area contributed by atoms with Crippen molar-refractivity contribution in [2.75, 3.05) is 11.5 Å². The van der Waals surface area contributed by atoms with Crippen LogP contribution < -0.4 is 11.5 Å². The maximum Gasteiger partial charge on any atom is 0.0545 e. The molecule has 4 rings (SSSR count). The van der Waals surface area contributed by atoms with Gasteiger partial charge in [-0.25, -0.2) is 0 Å². The predicted molar refractivity (Wildman–Crippen MR) is 111 cm³/mol. The van der Waals surface area contributed by atoms with Crippen molar-refractivity contribution in [1.82, 2.24) is 0 Å². The first-order valence-corrected chi connectivity index (χ1v) is 9.10. The van der Waals surface area contributed by atoms with E-state index in [1.54, 1.807) is 0 Å². The summed E-state index contributed by atoms with van der Waals surface area (Å²) >= 11 is 7.19. The zero-order chi connectivity index (χ0) is 16.8. The summed E-state index contributed by atoms with van der Waals surface area (Å²) in [4.78, 5) is 0. The van der Waals surface area contributed by atoms with Crippen molar-refractivity contribution < 1.29 is 0 Å². The molecule has 4 N–H and O–H groups in total. The van der Waals surface area contributed by atoms with Gasteiger partial charge in [-0.1, -0.05) is 48.5 Å². The summed E-state index contributed by atoms with van der Waals surface area (Å²) < 4.78 is 1.75. The average molecular weight is 442 g/mol. The van der Waals surface area contributed by atoms with Gasteiger partial charge in [-0.2, -0.15) is 0 Å². The molecule has 0 saturated heterocycles. The molecule has 0 bridgehead atoms. The average Bonchev–Trinajstić information content (AvgIpc) is 2.58. The van der Waals surface area contributed by atoms with Gasteiger partial charge in [-0.15, -0.1) is 0 Å². The number of nitrogens with two attached hydrogens (primary N) is 2. The van der Waals surface area contributed by atoms with Crippen LogP contribution in [0.25, 0.3) is 32.7 Å². The minimum atomic E-state index is 0.698. The van der Waals surface area contributed by atoms with E-state index in [1.807, 2.05) is 36.4 Å². The van der Waals surface area contributed by atoms with E-state index in [2.05, 4.69) is 56.1 Å². The lowest BCUT2D eigenvalue weighted by molar-refractivity contribution is 1.62. The third-order valence-electron chi connectivity index (χ3n) is 4.33. The van der Waals surface area contributed by atoms with Gasteiger partial charge in [0, 0.05) is 20.1 Å². The fourth-order valence-electron chi connectivity index (χ4n) is 3.20. The number of anilines is 2. The van der Waals surface area contributed by atoms with E-state index in [0.29, 0.717) is 11.4 Å². The standard InChI is InChI=1S/C20H14Br2N2/c21-15-9-11-5-1-3-7-13(11)17(19(15)23)18-14-8-4-2-6-12(14)10-16(22)20(18)24/h1-10H,23-24H2. The maximum absolute atomic E-state index is 6.47. The monoisotopic (exact) mass is 440 g/mol. The third-order valence-corrected chi connectivity index (χ3v) is 5.64. The first-order chi connectivity index (χ1) is 11.6. The summed E-state index contributed by atoms with van der Waals surface area (Å²) in [5, 5.41) is 4.43. The highest BCUT2D eigenvalue weighted by molar-refractivity contribution is 9.11. The van der Waals surface area contributed by atoms with Gasteiger partial charge in [0.05, 0.1) is 11.4 Å². The molecule has 0 heterocycles. The molecule has 0 aliphatic rings. The Morgan fingerprint density at radius 1 is 0.583 bits per heavy atom. The fourth-order valence-corrected chi connectivity index (χ4v) is 4.09. The van der Waals surface area contributed by atoms with Crippen LogP contribution in [0, 0.1) is 0 Å². The first kappa shape index (κ1) is 15.5. The van der Waals surface area contributed by atoms with Gasteiger partial charge in [0.15, 0.2) is 0 Å². The second kappa shape index (κ2) is 5.80. The van der Waals surface area contributed by atoms with Gasteiger partial charge in [0.25, 0.3) is 0 Å². The van der Waals surface area contributed by atoms with Gasteiger partial charge in [-0.05, 0) is 65.5 Å². The quantitative estimate of drug-likeness (QED) is 0.338. The molecule has 0 radical (unpaired) electrons. The molecule has 118 valence electrons. The van der Waals surface area contributed by atoms with Crippen molar-refractivity contribution >= 4 is 64.8 Å². The highest BCUT2D eigenvalue weighted by Gasteiger charge is 2.18. The molecule has 0 fully saturated rings. The molecular formula is C20H14Br2N2. The molecule has 0 unspecified atom stereocenters. The molecule has 0 atom stereocenters. The zero-order valence-corrected chi connectivity index (χ0v) is 15.9. The van der Waals surface area contributed by atoms with E-state index in [9.17, 15) is 0 Å². The lowest BCUT2D eigenvalue weighted by Crippen LogP contribution is -1.99. The molecule has 24 heavy (non-hydrogen) atoms. The van der Waals surface area contributed by atoms with Gasteiger partial charge >= 0.3 is 0 Å². The van der Waals surface area contributed by atoms with Crippen LogP contribution in [0.3, 0.4) is 0 Å². The van der Waals surface area contributed by atoms with Crippen molar-refractivity contribution in [2.45, 2.75) is 0 Å². The van der Waals surface area contributed by atoms with Crippen LogP contribution in [0.2, 0.25) is 0 Å². The van der Waals surface area contributed by atoms with E-state index in [-0.39, 0.29) is 0 Å². The molecule has 0 aromatic heterocycles. The molecule has 0 aliphatic heterocycles. The molecule has 2 nitrogen and oxygen atoms in total. The summed E-state index contributed by atoms with van der Waals surface area (Å²) in [6.45, 7) is 0. The van der Waals surface area contributed by atoms with Crippen molar-refractivity contribution in [2.24, 2.45) is 0 Å². The number of nitrogen functional groups attached to an aromatic ring is 2. The molecule has 0 saturated carbocycles. The summed E-state index contributed by atoms with van der Waals surface area (Å²) in [7, 11) is 0. The van der Waals surface area contributed by atoms with Crippen molar-refractivity contribution in [1.29, 1.82) is 0 Å². The van der Waals surface area contributed by atoms with Crippen LogP contribution in [0.5, 0.6) is 0 Å². The number of hydrogen-bond donors (Lipinski definition) is 2. The Bertz CT molecular complexity index is 1010. The number of fused-ring (bicyclic) bond motifs is 2. The van der Waals surface area contributed by atoms with Gasteiger partial charge in [0.2, 0.25) is 0 Å². The largest absolute Gasteiger partial charge is 0.397 e. The van der Waals surface area contributed by atoms with Crippen LogP contribution in [0.15, 0.2) is 69.6 Å². The molecule has 4 aromatic rings. The first-order valence-electron chi connectivity index (χ1n) is 7.51. The molecule has 0 spiro atoms. The molecule has 4 heteroatoms. The normalized spacial score (nSPS) is 11.2. The number of benzene rings is 4. The number of halogens is 2. The van der Waals surface area contributed by atoms with Gasteiger partial charge < -0.3 is 11.5 Å². The third kappa shape index (κ3) is 2.29. The Labute approximate surface area is 156 Å². The number of rotatable bonds is 1. The zero-order valence-electron chi connectivity index (χ0n) is 12.7. The van der Waals surface area contributed by atoms with Crippen LogP contribution in [0.1, 0.15) is 0 Å². The second-order valence-electron chi connectivity index (χ2n) is 5.74. The van der Waals surface area contributed by atoms with Crippen LogP contribution in [-0.4, -0.2) is 0 Å². The minimum absolute atomic E-state index is 0.698. The highest BCUT2D eigenvalue weighted by atomic mass is 79.9. The Kier molecular flexibility index (Phi) is 3.74. The van der Waals surface area contributed by atoms with E-state index in [4.69, 9.17) is 11.5 Å². The maximum atomic E-state index is 6.47. The number of hydrogen-bond acceptors (Lipinski definition) is 2. The van der Waals surface area contributed by atoms with Crippen molar-refractivity contribution in [3.05, 3.63) is 69.6 Å². The molecular weight excluding hydrogens is 428 g/mol. The molecule has 0 aliphatic carbocycles. The SMILES string of the molecule is Nc1c(Br)cc2ccccc2c1-c1c(N)c(Br)cc2ccccc12. The summed E-state index contributed by atoms with van der Waals surface area (Å²) in [6.07, 6.45) is 0. The van der Waals surface area contributed by atoms with Crippen molar-refractivity contribution in [3.8, 4) is 11.1 Å². The predicted octanol–water partition coefficient (Wildman–Crippen LogP) is 6.35. The van der Waals surface area contributed by atoms with Crippen LogP contribution in [0.4, 0.5) is 11.4 Å². The fraction of sp³-hybridized carbons (Fsp3) is 0. The van der Waals surface area contributed by atoms with E-state index < -0.39 is 0 Å².